The van der Waals surface area contributed by atoms with E-state index in [1.54, 1.807) is 0 Å². The first-order chi connectivity index (χ1) is 8.15. The second kappa shape index (κ2) is 4.78. The van der Waals surface area contributed by atoms with E-state index in [4.69, 9.17) is 0 Å². The van der Waals surface area contributed by atoms with Gasteiger partial charge in [-0.3, -0.25) is 4.99 Å². The summed E-state index contributed by atoms with van der Waals surface area (Å²) in [5.41, 5.74) is 2.28. The number of hydrogen-bond acceptors (Lipinski definition) is 2. The number of phenolic OH excluding ortho intramolecular Hbond substituents is 1. The number of benzene rings is 2. The zero-order valence-corrected chi connectivity index (χ0v) is 9.39. The molecule has 2 aromatic rings. The lowest BCUT2D eigenvalue weighted by Crippen LogP contribution is -1.84. The molecule has 0 radical (unpaired) electrons. The molecule has 17 heavy (non-hydrogen) atoms. The highest BCUT2D eigenvalue weighted by molar-refractivity contribution is 5.85. The Morgan fingerprint density at radius 2 is 1.82 bits per heavy atom. The number of phenols is 1. The minimum Gasteiger partial charge on any atom is -0.507 e. The molecule has 0 aliphatic rings. The summed E-state index contributed by atoms with van der Waals surface area (Å²) in [6, 6.07) is 11.4. The van der Waals surface area contributed by atoms with Gasteiger partial charge < -0.3 is 5.11 Å². The van der Waals surface area contributed by atoms with Crippen LogP contribution in [0.25, 0.3) is 0 Å². The van der Waals surface area contributed by atoms with E-state index in [-0.39, 0.29) is 5.75 Å². The molecule has 0 saturated carbocycles. The lowest BCUT2D eigenvalue weighted by molar-refractivity contribution is 0.472. The zero-order chi connectivity index (χ0) is 12.3. The van der Waals surface area contributed by atoms with Gasteiger partial charge in [0.1, 0.15) is 11.6 Å². The number of nitrogens with zero attached hydrogens (tertiary/aromatic N) is 1. The molecule has 0 aromatic heterocycles. The molecular formula is C14H12FNO. The van der Waals surface area contributed by atoms with Crippen molar-refractivity contribution in [2.45, 2.75) is 6.92 Å². The first kappa shape index (κ1) is 11.3. The fourth-order valence-corrected chi connectivity index (χ4v) is 1.40. The van der Waals surface area contributed by atoms with Crippen LogP contribution in [0.2, 0.25) is 0 Å². The summed E-state index contributed by atoms with van der Waals surface area (Å²) in [5.74, 6) is -0.379. The lowest BCUT2D eigenvalue weighted by Gasteiger charge is -1.98. The maximum atomic E-state index is 13.0. The predicted octanol–water partition coefficient (Wildman–Crippen LogP) is 3.59. The maximum Gasteiger partial charge on any atom is 0.124 e. The second-order valence-electron chi connectivity index (χ2n) is 3.80. The quantitative estimate of drug-likeness (QED) is 0.784. The molecule has 86 valence electrons. The van der Waals surface area contributed by atoms with Gasteiger partial charge in [-0.05, 0) is 37.3 Å². The minimum absolute atomic E-state index is 0.0160. The molecule has 0 bridgehead atoms. The van der Waals surface area contributed by atoms with Crippen molar-refractivity contribution >= 4 is 11.9 Å². The van der Waals surface area contributed by atoms with Crippen molar-refractivity contribution in [3.05, 3.63) is 59.4 Å². The number of hydrogen-bond donors (Lipinski definition) is 1. The van der Waals surface area contributed by atoms with Gasteiger partial charge in [0.25, 0.3) is 0 Å². The van der Waals surface area contributed by atoms with Gasteiger partial charge in [-0.1, -0.05) is 17.7 Å². The van der Waals surface area contributed by atoms with E-state index in [0.29, 0.717) is 5.56 Å². The molecule has 0 saturated heterocycles. The summed E-state index contributed by atoms with van der Waals surface area (Å²) in [5, 5.41) is 9.50. The zero-order valence-electron chi connectivity index (χ0n) is 9.39. The van der Waals surface area contributed by atoms with Gasteiger partial charge in [0.05, 0.1) is 5.69 Å². The number of halogens is 1. The number of aryl methyl sites for hydroxylation is 1. The van der Waals surface area contributed by atoms with E-state index in [2.05, 4.69) is 4.99 Å². The van der Waals surface area contributed by atoms with Crippen molar-refractivity contribution in [1.29, 1.82) is 0 Å². The van der Waals surface area contributed by atoms with E-state index in [0.717, 1.165) is 11.3 Å². The van der Waals surface area contributed by atoms with Crippen LogP contribution in [0.5, 0.6) is 5.75 Å². The summed E-state index contributed by atoms with van der Waals surface area (Å²) in [4.78, 5) is 4.17. The highest BCUT2D eigenvalue weighted by atomic mass is 19.1. The van der Waals surface area contributed by atoms with Gasteiger partial charge in [0.15, 0.2) is 0 Å². The van der Waals surface area contributed by atoms with Crippen molar-refractivity contribution in [2.75, 3.05) is 0 Å². The molecule has 2 nitrogen and oxygen atoms in total. The third kappa shape index (κ3) is 2.91. The maximum absolute atomic E-state index is 13.0. The minimum atomic E-state index is -0.395. The first-order valence-corrected chi connectivity index (χ1v) is 5.24. The monoisotopic (exact) mass is 229 g/mol. The first-order valence-electron chi connectivity index (χ1n) is 5.24. The van der Waals surface area contributed by atoms with Gasteiger partial charge >= 0.3 is 0 Å². The summed E-state index contributed by atoms with van der Waals surface area (Å²) in [6.45, 7) is 1.99. The topological polar surface area (TPSA) is 32.6 Å². The van der Waals surface area contributed by atoms with Crippen molar-refractivity contribution in [1.82, 2.24) is 0 Å². The molecule has 0 heterocycles. The molecule has 3 heteroatoms. The van der Waals surface area contributed by atoms with Crippen LogP contribution in [0.4, 0.5) is 10.1 Å². The van der Waals surface area contributed by atoms with E-state index in [1.165, 1.54) is 24.4 Å². The second-order valence-corrected chi connectivity index (χ2v) is 3.80. The fourth-order valence-electron chi connectivity index (χ4n) is 1.40. The third-order valence-corrected chi connectivity index (χ3v) is 2.38. The third-order valence-electron chi connectivity index (χ3n) is 2.38. The highest BCUT2D eigenvalue weighted by Gasteiger charge is 1.99. The highest BCUT2D eigenvalue weighted by Crippen LogP contribution is 2.18. The summed E-state index contributed by atoms with van der Waals surface area (Å²) < 4.78 is 13.0. The Morgan fingerprint density at radius 3 is 2.53 bits per heavy atom. The summed E-state index contributed by atoms with van der Waals surface area (Å²) in [7, 11) is 0. The Hall–Kier alpha value is -2.16. The van der Waals surface area contributed by atoms with E-state index in [1.807, 2.05) is 31.2 Å². The van der Waals surface area contributed by atoms with E-state index >= 15 is 0 Å². The summed E-state index contributed by atoms with van der Waals surface area (Å²) >= 11 is 0. The largest absolute Gasteiger partial charge is 0.507 e. The van der Waals surface area contributed by atoms with Crippen LogP contribution in [0.3, 0.4) is 0 Å². The number of rotatable bonds is 2. The Bertz CT molecular complexity index is 547. The molecule has 0 atom stereocenters. The molecule has 0 aliphatic carbocycles. The smallest absolute Gasteiger partial charge is 0.124 e. The average Bonchev–Trinajstić information content (AvgIpc) is 2.32. The van der Waals surface area contributed by atoms with Gasteiger partial charge in [-0.25, -0.2) is 4.39 Å². The molecular weight excluding hydrogens is 217 g/mol. The van der Waals surface area contributed by atoms with Gasteiger partial charge in [-0.15, -0.1) is 0 Å². The fraction of sp³-hybridized carbons (Fsp3) is 0.0714. The van der Waals surface area contributed by atoms with Gasteiger partial charge in [0.2, 0.25) is 0 Å². The summed E-state index contributed by atoms with van der Waals surface area (Å²) in [6.07, 6.45) is 1.45. The molecule has 1 N–H and O–H groups in total. The lowest BCUT2D eigenvalue weighted by atomic mass is 10.2. The van der Waals surface area contributed by atoms with Crippen LogP contribution in [0, 0.1) is 12.7 Å². The molecule has 2 rings (SSSR count). The average molecular weight is 229 g/mol. The molecule has 0 spiro atoms. The Morgan fingerprint density at radius 1 is 1.12 bits per heavy atom. The van der Waals surface area contributed by atoms with Crippen molar-refractivity contribution in [3.8, 4) is 5.75 Å². The molecule has 0 aliphatic heterocycles. The van der Waals surface area contributed by atoms with Crippen molar-refractivity contribution in [3.63, 3.8) is 0 Å². The van der Waals surface area contributed by atoms with Crippen molar-refractivity contribution < 1.29 is 9.50 Å². The van der Waals surface area contributed by atoms with Crippen LogP contribution in [0.15, 0.2) is 47.5 Å². The Kier molecular flexibility index (Phi) is 3.19. The molecule has 0 unspecified atom stereocenters. The SMILES string of the molecule is Cc1ccc(N=Cc2cc(F)ccc2O)cc1. The van der Waals surface area contributed by atoms with Crippen LogP contribution in [0.1, 0.15) is 11.1 Å². The molecule has 2 aromatic carbocycles. The van der Waals surface area contributed by atoms with Crippen LogP contribution in [-0.4, -0.2) is 11.3 Å². The number of aromatic hydroxyl groups is 1. The number of aliphatic imine (C=N–C) groups is 1. The Balaban J connectivity index is 2.25. The van der Waals surface area contributed by atoms with Gasteiger partial charge in [0, 0.05) is 11.8 Å². The van der Waals surface area contributed by atoms with Crippen molar-refractivity contribution in [2.24, 2.45) is 4.99 Å². The normalized spacial score (nSPS) is 10.9. The van der Waals surface area contributed by atoms with Crippen LogP contribution in [-0.2, 0) is 0 Å². The molecule has 0 amide bonds. The standard InChI is InChI=1S/C14H12FNO/c1-10-2-5-13(6-3-10)16-9-11-8-12(15)4-7-14(11)17/h2-9,17H,1H3. The van der Waals surface area contributed by atoms with E-state index in [9.17, 15) is 9.50 Å². The van der Waals surface area contributed by atoms with Crippen LogP contribution < -0.4 is 0 Å². The van der Waals surface area contributed by atoms with Gasteiger partial charge in [-0.2, -0.15) is 0 Å². The Labute approximate surface area is 99.1 Å². The molecule has 0 fully saturated rings. The predicted molar refractivity (Wildman–Crippen MR) is 66.5 cm³/mol. The van der Waals surface area contributed by atoms with E-state index < -0.39 is 5.82 Å². The van der Waals surface area contributed by atoms with Crippen LogP contribution >= 0.6 is 0 Å².